The zero-order valence-electron chi connectivity index (χ0n) is 14.5. The third-order valence-corrected chi connectivity index (χ3v) is 5.55. The van der Waals surface area contributed by atoms with Gasteiger partial charge in [-0.15, -0.1) is 0 Å². The van der Waals surface area contributed by atoms with E-state index < -0.39 is 10.0 Å². The molecular formula is C17H26N2O5S. The minimum atomic E-state index is -3.56. The predicted octanol–water partition coefficient (Wildman–Crippen LogP) is 1.44. The number of benzene rings is 1. The van der Waals surface area contributed by atoms with Gasteiger partial charge in [0.15, 0.2) is 6.61 Å². The Labute approximate surface area is 149 Å². The monoisotopic (exact) mass is 370 g/mol. The fraction of sp³-hybridized carbons (Fsp3) is 0.588. The average Bonchev–Trinajstić information content (AvgIpc) is 2.61. The van der Waals surface area contributed by atoms with Crippen LogP contribution in [0.4, 0.5) is 0 Å². The van der Waals surface area contributed by atoms with Crippen molar-refractivity contribution >= 4 is 15.9 Å². The molecule has 1 aromatic carbocycles. The highest BCUT2D eigenvalue weighted by Gasteiger charge is 2.16. The quantitative estimate of drug-likeness (QED) is 0.642. The van der Waals surface area contributed by atoms with Gasteiger partial charge in [-0.1, -0.05) is 19.3 Å². The molecule has 2 N–H and O–H groups in total. The lowest BCUT2D eigenvalue weighted by molar-refractivity contribution is -0.124. The summed E-state index contributed by atoms with van der Waals surface area (Å²) in [4.78, 5) is 12.0. The third kappa shape index (κ3) is 6.64. The molecule has 0 unspecified atom stereocenters. The molecule has 0 saturated heterocycles. The Hall–Kier alpha value is -1.64. The Morgan fingerprint density at radius 1 is 1.16 bits per heavy atom. The SMILES string of the molecule is COCCNS(=O)(=O)c1ccc(OCC(=O)NC2CCCCC2)cc1. The van der Waals surface area contributed by atoms with Gasteiger partial charge in [-0.3, -0.25) is 4.79 Å². The van der Waals surface area contributed by atoms with Crippen molar-refractivity contribution in [1.82, 2.24) is 10.0 Å². The number of rotatable bonds is 9. The molecule has 0 bridgehead atoms. The van der Waals surface area contributed by atoms with Crippen LogP contribution in [0.1, 0.15) is 32.1 Å². The number of carbonyl (C=O) groups is 1. The Balaban J connectivity index is 1.80. The van der Waals surface area contributed by atoms with Crippen molar-refractivity contribution in [3.8, 4) is 5.75 Å². The van der Waals surface area contributed by atoms with Crippen molar-refractivity contribution in [2.45, 2.75) is 43.0 Å². The second kappa shape index (κ2) is 9.74. The van der Waals surface area contributed by atoms with E-state index in [9.17, 15) is 13.2 Å². The Bertz CT molecular complexity index is 640. The van der Waals surface area contributed by atoms with E-state index in [1.807, 2.05) is 0 Å². The molecule has 1 aliphatic carbocycles. The van der Waals surface area contributed by atoms with Crippen LogP contribution in [0.15, 0.2) is 29.2 Å². The molecule has 2 rings (SSSR count). The molecule has 7 nitrogen and oxygen atoms in total. The van der Waals surface area contributed by atoms with E-state index in [0.717, 1.165) is 25.7 Å². The summed E-state index contributed by atoms with van der Waals surface area (Å²) in [6, 6.07) is 6.22. The van der Waals surface area contributed by atoms with Gasteiger partial charge >= 0.3 is 0 Å². The molecule has 1 fully saturated rings. The highest BCUT2D eigenvalue weighted by molar-refractivity contribution is 7.89. The van der Waals surface area contributed by atoms with Crippen LogP contribution in [0.5, 0.6) is 5.75 Å². The Morgan fingerprint density at radius 3 is 2.48 bits per heavy atom. The highest BCUT2D eigenvalue weighted by Crippen LogP contribution is 2.18. The summed E-state index contributed by atoms with van der Waals surface area (Å²) in [5, 5.41) is 2.97. The maximum absolute atomic E-state index is 12.0. The molecule has 1 aliphatic rings. The molecular weight excluding hydrogens is 344 g/mol. The van der Waals surface area contributed by atoms with Crippen LogP contribution in [0, 0.1) is 0 Å². The number of sulfonamides is 1. The third-order valence-electron chi connectivity index (χ3n) is 4.07. The van der Waals surface area contributed by atoms with Gasteiger partial charge in [-0.05, 0) is 37.1 Å². The lowest BCUT2D eigenvalue weighted by Gasteiger charge is -2.22. The molecule has 140 valence electrons. The topological polar surface area (TPSA) is 93.7 Å². The number of amides is 1. The fourth-order valence-electron chi connectivity index (χ4n) is 2.74. The van der Waals surface area contributed by atoms with E-state index in [4.69, 9.17) is 9.47 Å². The van der Waals surface area contributed by atoms with Crippen molar-refractivity contribution in [2.24, 2.45) is 0 Å². The molecule has 0 aromatic heterocycles. The Morgan fingerprint density at radius 2 is 1.84 bits per heavy atom. The standard InChI is InChI=1S/C17H26N2O5S/c1-23-12-11-18-25(21,22)16-9-7-15(8-10-16)24-13-17(20)19-14-5-3-2-4-6-14/h7-10,14,18H,2-6,11-13H2,1H3,(H,19,20). The van der Waals surface area contributed by atoms with E-state index in [2.05, 4.69) is 10.0 Å². The fourth-order valence-corrected chi connectivity index (χ4v) is 3.75. The molecule has 1 saturated carbocycles. The second-order valence-electron chi connectivity index (χ2n) is 6.05. The minimum Gasteiger partial charge on any atom is -0.484 e. The van der Waals surface area contributed by atoms with Crippen LogP contribution in [0.25, 0.3) is 0 Å². The second-order valence-corrected chi connectivity index (χ2v) is 7.82. The van der Waals surface area contributed by atoms with Crippen molar-refractivity contribution < 1.29 is 22.7 Å². The lowest BCUT2D eigenvalue weighted by Crippen LogP contribution is -2.38. The normalized spacial score (nSPS) is 15.7. The molecule has 0 aliphatic heterocycles. The first-order valence-electron chi connectivity index (χ1n) is 8.52. The summed E-state index contributed by atoms with van der Waals surface area (Å²) < 4.78 is 36.7. The van der Waals surface area contributed by atoms with E-state index in [-0.39, 0.29) is 30.0 Å². The molecule has 1 amide bonds. The van der Waals surface area contributed by atoms with E-state index in [1.165, 1.54) is 25.7 Å². The first-order chi connectivity index (χ1) is 12.0. The first-order valence-corrected chi connectivity index (χ1v) is 10.0. The molecule has 25 heavy (non-hydrogen) atoms. The molecule has 0 atom stereocenters. The molecule has 8 heteroatoms. The van der Waals surface area contributed by atoms with Crippen LogP contribution in [-0.2, 0) is 19.6 Å². The molecule has 0 spiro atoms. The number of ether oxygens (including phenoxy) is 2. The summed E-state index contributed by atoms with van der Waals surface area (Å²) in [6.45, 7) is 0.434. The van der Waals surface area contributed by atoms with Crippen LogP contribution < -0.4 is 14.8 Å². The van der Waals surface area contributed by atoms with Gasteiger partial charge < -0.3 is 14.8 Å². The van der Waals surface area contributed by atoms with Gasteiger partial charge in [0.05, 0.1) is 11.5 Å². The van der Waals surface area contributed by atoms with Crippen LogP contribution in [0.3, 0.4) is 0 Å². The van der Waals surface area contributed by atoms with Crippen LogP contribution in [0.2, 0.25) is 0 Å². The van der Waals surface area contributed by atoms with Crippen LogP contribution >= 0.6 is 0 Å². The Kier molecular flexibility index (Phi) is 7.67. The number of hydrogen-bond acceptors (Lipinski definition) is 5. The highest BCUT2D eigenvalue weighted by atomic mass is 32.2. The van der Waals surface area contributed by atoms with E-state index in [1.54, 1.807) is 12.1 Å². The van der Waals surface area contributed by atoms with Crippen molar-refractivity contribution in [3.05, 3.63) is 24.3 Å². The van der Waals surface area contributed by atoms with Gasteiger partial charge in [-0.2, -0.15) is 0 Å². The number of methoxy groups -OCH3 is 1. The number of nitrogens with one attached hydrogen (secondary N) is 2. The summed E-state index contributed by atoms with van der Waals surface area (Å²) >= 11 is 0. The van der Waals surface area contributed by atoms with Gasteiger partial charge in [-0.25, -0.2) is 13.1 Å². The van der Waals surface area contributed by atoms with Gasteiger partial charge in [0, 0.05) is 19.7 Å². The zero-order chi connectivity index (χ0) is 18.1. The first kappa shape index (κ1) is 19.7. The van der Waals surface area contributed by atoms with Crippen molar-refractivity contribution in [1.29, 1.82) is 0 Å². The van der Waals surface area contributed by atoms with E-state index in [0.29, 0.717) is 12.4 Å². The average molecular weight is 370 g/mol. The molecule has 0 radical (unpaired) electrons. The number of carbonyl (C=O) groups excluding carboxylic acids is 1. The molecule has 1 aromatic rings. The molecule has 0 heterocycles. The van der Waals surface area contributed by atoms with Crippen molar-refractivity contribution in [3.63, 3.8) is 0 Å². The van der Waals surface area contributed by atoms with Crippen molar-refractivity contribution in [2.75, 3.05) is 26.9 Å². The summed E-state index contributed by atoms with van der Waals surface area (Å²) in [6.07, 6.45) is 5.58. The summed E-state index contributed by atoms with van der Waals surface area (Å²) in [7, 11) is -2.06. The van der Waals surface area contributed by atoms with Gasteiger partial charge in [0.1, 0.15) is 5.75 Å². The maximum atomic E-state index is 12.0. The minimum absolute atomic E-state index is 0.0747. The van der Waals surface area contributed by atoms with Gasteiger partial charge in [0.2, 0.25) is 10.0 Å². The van der Waals surface area contributed by atoms with Crippen LogP contribution in [-0.4, -0.2) is 47.2 Å². The summed E-state index contributed by atoms with van der Waals surface area (Å²) in [5.41, 5.74) is 0. The van der Waals surface area contributed by atoms with E-state index >= 15 is 0 Å². The maximum Gasteiger partial charge on any atom is 0.258 e. The zero-order valence-corrected chi connectivity index (χ0v) is 15.3. The summed E-state index contributed by atoms with van der Waals surface area (Å²) in [5.74, 6) is 0.305. The smallest absolute Gasteiger partial charge is 0.258 e. The van der Waals surface area contributed by atoms with Gasteiger partial charge in [0.25, 0.3) is 5.91 Å². The lowest BCUT2D eigenvalue weighted by atomic mass is 9.95. The number of hydrogen-bond donors (Lipinski definition) is 2. The predicted molar refractivity (Wildman–Crippen MR) is 94.0 cm³/mol. The largest absolute Gasteiger partial charge is 0.484 e.